The number of rotatable bonds is 15. The molecular weight excluding hydrogens is 374 g/mol. The van der Waals surface area contributed by atoms with Crippen LogP contribution < -0.4 is 0 Å². The van der Waals surface area contributed by atoms with Crippen LogP contribution >= 0.6 is 11.3 Å². The van der Waals surface area contributed by atoms with Gasteiger partial charge in [-0.05, 0) is 50.8 Å². The zero-order valence-electron chi connectivity index (χ0n) is 18.7. The number of benzene rings is 1. The van der Waals surface area contributed by atoms with E-state index in [0.29, 0.717) is 12.6 Å². The minimum absolute atomic E-state index is 0.291. The zero-order chi connectivity index (χ0) is 20.7. The molecule has 0 N–H and O–H groups in total. The molecule has 1 aromatic carbocycles. The van der Waals surface area contributed by atoms with Crippen LogP contribution in [0.2, 0.25) is 0 Å². The predicted octanol–water partition coefficient (Wildman–Crippen LogP) is 7.85. The van der Waals surface area contributed by atoms with Gasteiger partial charge in [-0.2, -0.15) is 0 Å². The highest BCUT2D eigenvalue weighted by atomic mass is 32.1. The third-order valence-electron chi connectivity index (χ3n) is 5.25. The summed E-state index contributed by atoms with van der Waals surface area (Å²) in [5.74, 6) is 0. The Hall–Kier alpha value is -1.45. The van der Waals surface area contributed by atoms with Gasteiger partial charge in [-0.3, -0.25) is 4.99 Å². The molecule has 0 saturated heterocycles. The Bertz CT molecular complexity index is 692. The van der Waals surface area contributed by atoms with Gasteiger partial charge >= 0.3 is 0 Å². The number of thiophene rings is 1. The highest BCUT2D eigenvalue weighted by Gasteiger charge is 2.06. The Balaban J connectivity index is 1.64. The fraction of sp³-hybridized carbons (Fsp3) is 0.577. The monoisotopic (exact) mass is 413 g/mol. The molecule has 1 aromatic heterocycles. The lowest BCUT2D eigenvalue weighted by Crippen LogP contribution is -2.07. The van der Waals surface area contributed by atoms with Crippen LogP contribution in [-0.2, 0) is 17.8 Å². The fourth-order valence-corrected chi connectivity index (χ4v) is 4.44. The summed E-state index contributed by atoms with van der Waals surface area (Å²) < 4.78 is 5.80. The number of aryl methyl sites for hydroxylation is 1. The summed E-state index contributed by atoms with van der Waals surface area (Å²) in [6.45, 7) is 8.04. The van der Waals surface area contributed by atoms with Crippen LogP contribution in [0.15, 0.2) is 47.5 Å². The average molecular weight is 414 g/mol. The Labute approximate surface area is 182 Å². The number of ether oxygens (including phenoxy) is 1. The lowest BCUT2D eigenvalue weighted by atomic mass is 10.1. The number of aliphatic imine (C=N–C) groups is 1. The van der Waals surface area contributed by atoms with Crippen LogP contribution in [-0.4, -0.2) is 18.4 Å². The molecule has 2 aromatic rings. The number of nitrogens with zero attached hydrogens (tertiary/aromatic N) is 1. The summed E-state index contributed by atoms with van der Waals surface area (Å²) in [6.07, 6.45) is 11.8. The van der Waals surface area contributed by atoms with Crippen LogP contribution in [0.1, 0.15) is 87.5 Å². The van der Waals surface area contributed by atoms with E-state index in [-0.39, 0.29) is 0 Å². The topological polar surface area (TPSA) is 21.6 Å². The van der Waals surface area contributed by atoms with E-state index >= 15 is 0 Å². The van der Waals surface area contributed by atoms with E-state index in [1.165, 1.54) is 66.7 Å². The highest BCUT2D eigenvalue weighted by Crippen LogP contribution is 2.21. The molecule has 0 bridgehead atoms. The largest absolute Gasteiger partial charge is 0.377 e. The minimum Gasteiger partial charge on any atom is -0.377 e. The standard InChI is InChI=1S/C26H39NOS/c1-4-5-6-7-8-9-13-16-25-17-18-26(29-25)23(3)27-22(2)19-20-28-21-24-14-11-10-12-15-24/h10-12,14-15,17-18,22H,4-9,13,16,19-21H2,1-3H3. The van der Waals surface area contributed by atoms with Crippen molar-refractivity contribution < 1.29 is 4.74 Å². The molecule has 0 saturated carbocycles. The summed E-state index contributed by atoms with van der Waals surface area (Å²) in [5.41, 5.74) is 2.39. The predicted molar refractivity (Wildman–Crippen MR) is 128 cm³/mol. The van der Waals surface area contributed by atoms with Crippen molar-refractivity contribution in [2.24, 2.45) is 4.99 Å². The van der Waals surface area contributed by atoms with Gasteiger partial charge in [0.15, 0.2) is 0 Å². The third kappa shape index (κ3) is 10.2. The first kappa shape index (κ1) is 23.8. The normalized spacial score (nSPS) is 13.0. The molecule has 0 aliphatic rings. The van der Waals surface area contributed by atoms with E-state index in [0.717, 1.165) is 18.7 Å². The first-order valence-corrected chi connectivity index (χ1v) is 12.3. The molecule has 0 aliphatic heterocycles. The summed E-state index contributed by atoms with van der Waals surface area (Å²) in [4.78, 5) is 7.71. The van der Waals surface area contributed by atoms with E-state index in [1.807, 2.05) is 17.4 Å². The van der Waals surface area contributed by atoms with Crippen molar-refractivity contribution in [3.63, 3.8) is 0 Å². The van der Waals surface area contributed by atoms with E-state index in [4.69, 9.17) is 9.73 Å². The van der Waals surface area contributed by atoms with Crippen LogP contribution in [0.5, 0.6) is 0 Å². The molecule has 160 valence electrons. The summed E-state index contributed by atoms with van der Waals surface area (Å²) in [5, 5.41) is 0. The van der Waals surface area contributed by atoms with Crippen molar-refractivity contribution in [3.8, 4) is 0 Å². The molecule has 1 unspecified atom stereocenters. The van der Waals surface area contributed by atoms with E-state index in [9.17, 15) is 0 Å². The molecule has 3 heteroatoms. The molecule has 0 spiro atoms. The maximum absolute atomic E-state index is 5.80. The van der Waals surface area contributed by atoms with Gasteiger partial charge in [0.25, 0.3) is 0 Å². The second-order valence-electron chi connectivity index (χ2n) is 8.03. The summed E-state index contributed by atoms with van der Waals surface area (Å²) in [7, 11) is 0. The van der Waals surface area contributed by atoms with Gasteiger partial charge in [0.2, 0.25) is 0 Å². The van der Waals surface area contributed by atoms with Crippen molar-refractivity contribution >= 4 is 17.0 Å². The second-order valence-corrected chi connectivity index (χ2v) is 9.20. The van der Waals surface area contributed by atoms with Gasteiger partial charge in [-0.15, -0.1) is 11.3 Å². The van der Waals surface area contributed by atoms with Gasteiger partial charge in [0.1, 0.15) is 0 Å². The summed E-state index contributed by atoms with van der Waals surface area (Å²) in [6, 6.07) is 15.2. The van der Waals surface area contributed by atoms with Crippen molar-refractivity contribution in [1.29, 1.82) is 0 Å². The average Bonchev–Trinajstić information content (AvgIpc) is 3.20. The Morgan fingerprint density at radius 1 is 0.966 bits per heavy atom. The van der Waals surface area contributed by atoms with Crippen molar-refractivity contribution in [2.45, 2.75) is 91.2 Å². The molecule has 0 radical (unpaired) electrons. The third-order valence-corrected chi connectivity index (χ3v) is 6.50. The second kappa shape index (κ2) is 14.5. The van der Waals surface area contributed by atoms with Crippen molar-refractivity contribution in [2.75, 3.05) is 6.61 Å². The lowest BCUT2D eigenvalue weighted by Gasteiger charge is -2.09. The van der Waals surface area contributed by atoms with Gasteiger partial charge in [0, 0.05) is 28.1 Å². The highest BCUT2D eigenvalue weighted by molar-refractivity contribution is 7.14. The first-order chi connectivity index (χ1) is 14.2. The number of hydrogen-bond acceptors (Lipinski definition) is 3. The molecule has 1 heterocycles. The van der Waals surface area contributed by atoms with E-state index in [1.54, 1.807) is 0 Å². The molecule has 2 rings (SSSR count). The molecule has 2 nitrogen and oxygen atoms in total. The zero-order valence-corrected chi connectivity index (χ0v) is 19.5. The van der Waals surface area contributed by atoms with Crippen molar-refractivity contribution in [3.05, 3.63) is 57.8 Å². The minimum atomic E-state index is 0.291. The maximum atomic E-state index is 5.80. The van der Waals surface area contributed by atoms with Gasteiger partial charge < -0.3 is 4.74 Å². The Kier molecular flexibility index (Phi) is 11.9. The lowest BCUT2D eigenvalue weighted by molar-refractivity contribution is 0.115. The molecule has 0 aliphatic carbocycles. The molecular formula is C26H39NOS. The Morgan fingerprint density at radius 2 is 1.69 bits per heavy atom. The molecule has 0 fully saturated rings. The van der Waals surface area contributed by atoms with Gasteiger partial charge in [-0.1, -0.05) is 75.8 Å². The SMILES string of the molecule is CCCCCCCCCc1ccc(C(C)=NC(C)CCOCc2ccccc2)s1. The molecule has 29 heavy (non-hydrogen) atoms. The van der Waals surface area contributed by atoms with E-state index < -0.39 is 0 Å². The Morgan fingerprint density at radius 3 is 2.45 bits per heavy atom. The van der Waals surface area contributed by atoms with Crippen LogP contribution in [0.25, 0.3) is 0 Å². The maximum Gasteiger partial charge on any atom is 0.0716 e. The molecule has 1 atom stereocenters. The van der Waals surface area contributed by atoms with Crippen molar-refractivity contribution in [1.82, 2.24) is 0 Å². The fourth-order valence-electron chi connectivity index (χ4n) is 3.44. The smallest absolute Gasteiger partial charge is 0.0716 e. The van der Waals surface area contributed by atoms with Gasteiger partial charge in [-0.25, -0.2) is 0 Å². The van der Waals surface area contributed by atoms with Crippen LogP contribution in [0.3, 0.4) is 0 Å². The number of hydrogen-bond donors (Lipinski definition) is 0. The molecule has 0 amide bonds. The van der Waals surface area contributed by atoms with Gasteiger partial charge in [0.05, 0.1) is 6.61 Å². The number of unbranched alkanes of at least 4 members (excludes halogenated alkanes) is 6. The van der Waals surface area contributed by atoms with Crippen LogP contribution in [0.4, 0.5) is 0 Å². The quantitative estimate of drug-likeness (QED) is 0.215. The van der Waals surface area contributed by atoms with Crippen LogP contribution in [0, 0.1) is 0 Å². The summed E-state index contributed by atoms with van der Waals surface area (Å²) >= 11 is 1.92. The van der Waals surface area contributed by atoms with E-state index in [2.05, 4.69) is 57.2 Å². The first-order valence-electron chi connectivity index (χ1n) is 11.4.